The van der Waals surface area contributed by atoms with Crippen LogP contribution in [0.1, 0.15) is 32.9 Å². The van der Waals surface area contributed by atoms with Gasteiger partial charge in [0, 0.05) is 5.69 Å². The first-order chi connectivity index (χ1) is 13.0. The Morgan fingerprint density at radius 3 is 2.44 bits per heavy atom. The molecule has 27 heavy (non-hydrogen) atoms. The number of carbonyl (C=O) groups excluding carboxylic acids is 1. The molecular weight excluding hydrogens is 382 g/mol. The number of anilines is 1. The summed E-state index contributed by atoms with van der Waals surface area (Å²) in [6, 6.07) is 15.1. The maximum atomic E-state index is 12.3. The van der Waals surface area contributed by atoms with Crippen LogP contribution in [0.3, 0.4) is 0 Å². The van der Waals surface area contributed by atoms with Crippen molar-refractivity contribution in [2.45, 2.75) is 13.8 Å². The molecule has 0 fully saturated rings. The Bertz CT molecular complexity index is 950. The SMILES string of the molecule is CCOc1ccc(/C=C(\Cl)c2nnc(C(=O)Nc3ccc(C)cc3)s2)cc1. The highest BCUT2D eigenvalue weighted by molar-refractivity contribution is 7.15. The fourth-order valence-electron chi connectivity index (χ4n) is 2.27. The van der Waals surface area contributed by atoms with Gasteiger partial charge < -0.3 is 10.1 Å². The molecule has 0 aliphatic heterocycles. The lowest BCUT2D eigenvalue weighted by molar-refractivity contribution is 0.102. The highest BCUT2D eigenvalue weighted by Crippen LogP contribution is 2.26. The monoisotopic (exact) mass is 399 g/mol. The number of ether oxygens (including phenoxy) is 1. The molecule has 5 nitrogen and oxygen atoms in total. The van der Waals surface area contributed by atoms with Gasteiger partial charge in [-0.15, -0.1) is 10.2 Å². The van der Waals surface area contributed by atoms with Crippen LogP contribution in [0.5, 0.6) is 5.75 Å². The van der Waals surface area contributed by atoms with Crippen molar-refractivity contribution < 1.29 is 9.53 Å². The van der Waals surface area contributed by atoms with E-state index in [9.17, 15) is 4.79 Å². The summed E-state index contributed by atoms with van der Waals surface area (Å²) in [5.41, 5.74) is 2.74. The van der Waals surface area contributed by atoms with Crippen LogP contribution in [0.4, 0.5) is 5.69 Å². The molecule has 1 heterocycles. The van der Waals surface area contributed by atoms with Crippen LogP contribution >= 0.6 is 22.9 Å². The van der Waals surface area contributed by atoms with E-state index in [0.717, 1.165) is 28.2 Å². The summed E-state index contributed by atoms with van der Waals surface area (Å²) in [6.45, 7) is 4.54. The van der Waals surface area contributed by atoms with Gasteiger partial charge in [-0.25, -0.2) is 0 Å². The number of nitrogens with zero attached hydrogens (tertiary/aromatic N) is 2. The molecule has 2 aromatic carbocycles. The number of aryl methyl sites for hydroxylation is 1. The molecule has 138 valence electrons. The quantitative estimate of drug-likeness (QED) is 0.616. The molecule has 0 unspecified atom stereocenters. The number of halogens is 1. The predicted octanol–water partition coefficient (Wildman–Crippen LogP) is 5.23. The summed E-state index contributed by atoms with van der Waals surface area (Å²) in [5, 5.41) is 11.9. The molecule has 0 aliphatic carbocycles. The molecule has 1 N–H and O–H groups in total. The minimum absolute atomic E-state index is 0.254. The molecule has 3 aromatic rings. The van der Waals surface area contributed by atoms with Gasteiger partial charge >= 0.3 is 0 Å². The van der Waals surface area contributed by atoms with E-state index in [1.807, 2.05) is 62.4 Å². The largest absolute Gasteiger partial charge is 0.494 e. The highest BCUT2D eigenvalue weighted by Gasteiger charge is 2.14. The second-order valence-corrected chi connectivity index (χ2v) is 7.11. The second-order valence-electron chi connectivity index (χ2n) is 5.73. The molecule has 0 saturated carbocycles. The van der Waals surface area contributed by atoms with E-state index in [2.05, 4.69) is 15.5 Å². The fraction of sp³-hybridized carbons (Fsp3) is 0.150. The first-order valence-corrected chi connectivity index (χ1v) is 9.56. The van der Waals surface area contributed by atoms with Gasteiger partial charge in [-0.1, -0.05) is 52.8 Å². The third-order valence-electron chi connectivity index (χ3n) is 3.62. The van der Waals surface area contributed by atoms with Gasteiger partial charge in [0.1, 0.15) is 5.75 Å². The molecule has 3 rings (SSSR count). The first-order valence-electron chi connectivity index (χ1n) is 8.37. The normalized spacial score (nSPS) is 11.3. The van der Waals surface area contributed by atoms with Crippen molar-refractivity contribution >= 4 is 45.6 Å². The molecule has 0 spiro atoms. The standard InChI is InChI=1S/C20H18ClN3O2S/c1-3-26-16-10-6-14(7-11-16)12-17(21)19-23-24-20(27-19)18(25)22-15-8-4-13(2)5-9-15/h4-12H,3H2,1-2H3,(H,22,25)/b17-12-. The molecule has 0 radical (unpaired) electrons. The summed E-state index contributed by atoms with van der Waals surface area (Å²) in [5.74, 6) is 0.491. The summed E-state index contributed by atoms with van der Waals surface area (Å²) in [4.78, 5) is 12.3. The Hall–Kier alpha value is -2.70. The third kappa shape index (κ3) is 5.15. The number of rotatable bonds is 6. The number of hydrogen-bond donors (Lipinski definition) is 1. The number of hydrogen-bond acceptors (Lipinski definition) is 5. The molecular formula is C20H18ClN3O2S. The lowest BCUT2D eigenvalue weighted by atomic mass is 10.2. The lowest BCUT2D eigenvalue weighted by Crippen LogP contribution is -2.11. The minimum atomic E-state index is -0.312. The number of nitrogens with one attached hydrogen (secondary N) is 1. The van der Waals surface area contributed by atoms with Crippen molar-refractivity contribution in [1.82, 2.24) is 10.2 Å². The van der Waals surface area contributed by atoms with Crippen molar-refractivity contribution in [1.29, 1.82) is 0 Å². The smallest absolute Gasteiger partial charge is 0.286 e. The summed E-state index contributed by atoms with van der Waals surface area (Å²) >= 11 is 7.49. The third-order valence-corrected chi connectivity index (χ3v) is 4.97. The summed E-state index contributed by atoms with van der Waals surface area (Å²) in [7, 11) is 0. The van der Waals surface area contributed by atoms with Crippen LogP contribution in [0.25, 0.3) is 11.1 Å². The summed E-state index contributed by atoms with van der Waals surface area (Å²) in [6.07, 6.45) is 1.78. The number of carbonyl (C=O) groups is 1. The zero-order valence-electron chi connectivity index (χ0n) is 14.9. The molecule has 1 amide bonds. The Kier molecular flexibility index (Phi) is 6.21. The molecule has 0 saturated heterocycles. The maximum Gasteiger partial charge on any atom is 0.286 e. The van der Waals surface area contributed by atoms with Gasteiger partial charge in [0.2, 0.25) is 5.01 Å². The van der Waals surface area contributed by atoms with Crippen LogP contribution in [0, 0.1) is 6.92 Å². The Morgan fingerprint density at radius 1 is 1.11 bits per heavy atom. The number of amides is 1. The van der Waals surface area contributed by atoms with E-state index in [4.69, 9.17) is 16.3 Å². The van der Waals surface area contributed by atoms with Gasteiger partial charge in [-0.2, -0.15) is 0 Å². The fourth-order valence-corrected chi connectivity index (χ4v) is 3.19. The topological polar surface area (TPSA) is 64.1 Å². The van der Waals surface area contributed by atoms with Gasteiger partial charge in [-0.05, 0) is 49.8 Å². The van der Waals surface area contributed by atoms with E-state index in [1.54, 1.807) is 6.08 Å². The van der Waals surface area contributed by atoms with Crippen molar-refractivity contribution in [2.75, 3.05) is 11.9 Å². The van der Waals surface area contributed by atoms with Crippen molar-refractivity contribution in [3.8, 4) is 5.75 Å². The summed E-state index contributed by atoms with van der Waals surface area (Å²) < 4.78 is 5.42. The minimum Gasteiger partial charge on any atom is -0.494 e. The van der Waals surface area contributed by atoms with Crippen molar-refractivity contribution in [3.63, 3.8) is 0 Å². The van der Waals surface area contributed by atoms with Crippen LogP contribution in [-0.4, -0.2) is 22.7 Å². The number of aromatic nitrogens is 2. The Morgan fingerprint density at radius 2 is 1.78 bits per heavy atom. The molecule has 7 heteroatoms. The van der Waals surface area contributed by atoms with E-state index in [-0.39, 0.29) is 10.9 Å². The lowest BCUT2D eigenvalue weighted by Gasteiger charge is -2.02. The molecule has 1 aromatic heterocycles. The van der Waals surface area contributed by atoms with Gasteiger partial charge in [0.15, 0.2) is 5.01 Å². The highest BCUT2D eigenvalue weighted by atomic mass is 35.5. The van der Waals surface area contributed by atoms with Crippen molar-refractivity contribution in [3.05, 3.63) is 69.7 Å². The van der Waals surface area contributed by atoms with Crippen LogP contribution in [0.2, 0.25) is 0 Å². The predicted molar refractivity (Wildman–Crippen MR) is 110 cm³/mol. The number of benzene rings is 2. The second kappa shape index (κ2) is 8.79. The average molecular weight is 400 g/mol. The zero-order chi connectivity index (χ0) is 19.2. The molecule has 0 aliphatic rings. The Labute approximate surface area is 166 Å². The van der Waals surface area contributed by atoms with Crippen LogP contribution in [0.15, 0.2) is 48.5 Å². The van der Waals surface area contributed by atoms with E-state index in [0.29, 0.717) is 22.3 Å². The Balaban J connectivity index is 1.70. The van der Waals surface area contributed by atoms with E-state index in [1.165, 1.54) is 0 Å². The van der Waals surface area contributed by atoms with Gasteiger partial charge in [0.25, 0.3) is 5.91 Å². The van der Waals surface area contributed by atoms with E-state index >= 15 is 0 Å². The van der Waals surface area contributed by atoms with E-state index < -0.39 is 0 Å². The van der Waals surface area contributed by atoms with Crippen LogP contribution < -0.4 is 10.1 Å². The molecule has 0 bridgehead atoms. The average Bonchev–Trinajstić information content (AvgIpc) is 3.16. The maximum absolute atomic E-state index is 12.3. The first kappa shape index (κ1) is 19.1. The van der Waals surface area contributed by atoms with Crippen molar-refractivity contribution in [2.24, 2.45) is 0 Å². The molecule has 0 atom stereocenters. The zero-order valence-corrected chi connectivity index (χ0v) is 16.5. The van der Waals surface area contributed by atoms with Gasteiger partial charge in [-0.3, -0.25) is 4.79 Å². The van der Waals surface area contributed by atoms with Crippen LogP contribution in [-0.2, 0) is 0 Å². The van der Waals surface area contributed by atoms with Gasteiger partial charge in [0.05, 0.1) is 11.6 Å².